The predicted molar refractivity (Wildman–Crippen MR) is 131 cm³/mol. The Morgan fingerprint density at radius 2 is 1.42 bits per heavy atom. The van der Waals surface area contributed by atoms with E-state index in [1.165, 1.54) is 18.2 Å². The van der Waals surface area contributed by atoms with Crippen LogP contribution in [-0.2, 0) is 23.8 Å². The van der Waals surface area contributed by atoms with E-state index < -0.39 is 30.0 Å². The van der Waals surface area contributed by atoms with Crippen LogP contribution >= 0.6 is 0 Å². The van der Waals surface area contributed by atoms with E-state index >= 15 is 0 Å². The maximum atomic E-state index is 13.3. The van der Waals surface area contributed by atoms with Crippen molar-refractivity contribution in [1.29, 1.82) is 0 Å². The van der Waals surface area contributed by atoms with Gasteiger partial charge in [0.05, 0.1) is 24.3 Å². The van der Waals surface area contributed by atoms with E-state index in [1.807, 2.05) is 0 Å². The lowest BCUT2D eigenvalue weighted by Gasteiger charge is -2.19. The zero-order chi connectivity index (χ0) is 26.2. The number of aromatic hydroxyl groups is 1. The molecule has 0 saturated carbocycles. The maximum Gasteiger partial charge on any atom is 0.339 e. The summed E-state index contributed by atoms with van der Waals surface area (Å²) in [5.41, 5.74) is -0.0532. The highest BCUT2D eigenvalue weighted by Gasteiger charge is 2.23. The third-order valence-corrected chi connectivity index (χ3v) is 5.37. The molecule has 0 aliphatic rings. The average molecular weight is 492 g/mol. The van der Waals surface area contributed by atoms with Gasteiger partial charge in [0.25, 0.3) is 0 Å². The fraction of sp³-hybridized carbons (Fsp3) is 0.185. The fourth-order valence-corrected chi connectivity index (χ4v) is 3.74. The van der Waals surface area contributed by atoms with Crippen molar-refractivity contribution in [2.24, 2.45) is 0 Å². The summed E-state index contributed by atoms with van der Waals surface area (Å²) in [5, 5.41) is 21.6. The van der Waals surface area contributed by atoms with Gasteiger partial charge in [-0.2, -0.15) is 0 Å². The number of phenolic OH excluding ortho intramolecular Hbond substituents is 1. The minimum Gasteiger partial charge on any atom is -0.508 e. The monoisotopic (exact) mass is 492 g/mol. The van der Waals surface area contributed by atoms with Crippen LogP contribution in [0.5, 0.6) is 5.75 Å². The Kier molecular flexibility index (Phi) is 8.40. The summed E-state index contributed by atoms with van der Waals surface area (Å²) in [6.45, 7) is 6.44. The highest BCUT2D eigenvalue weighted by molar-refractivity contribution is 6.22. The van der Waals surface area contributed by atoms with Gasteiger partial charge < -0.3 is 24.4 Å². The molecular formula is C27H24O9. The Balaban J connectivity index is 1.99. The van der Waals surface area contributed by atoms with E-state index in [2.05, 4.69) is 13.2 Å². The number of carboxylic acids is 1. The molecule has 2 N–H and O–H groups in total. The highest BCUT2D eigenvalue weighted by Crippen LogP contribution is 2.34. The standard InChI is InChI=1S/C27H24O9/c1-3-22(29)34-12-10-19(11-13-35-23(30)4-2)36-27(33)21-15-18(28)14-17-9-8-16-6-5-7-20(26(31)32)24(16)25(17)21/h3-9,14-15,19,28H,1-2,10-13H2,(H,31,32). The van der Waals surface area contributed by atoms with Crippen molar-refractivity contribution in [1.82, 2.24) is 0 Å². The molecule has 0 atom stereocenters. The van der Waals surface area contributed by atoms with Crippen LogP contribution in [0, 0.1) is 0 Å². The Morgan fingerprint density at radius 1 is 0.833 bits per heavy atom. The lowest BCUT2D eigenvalue weighted by molar-refractivity contribution is -0.138. The van der Waals surface area contributed by atoms with Crippen LogP contribution < -0.4 is 0 Å². The number of hydrogen-bond acceptors (Lipinski definition) is 8. The summed E-state index contributed by atoms with van der Waals surface area (Å²) in [6, 6.07) is 10.7. The van der Waals surface area contributed by atoms with Crippen LogP contribution in [0.1, 0.15) is 33.6 Å². The van der Waals surface area contributed by atoms with Gasteiger partial charge >= 0.3 is 23.9 Å². The van der Waals surface area contributed by atoms with Gasteiger partial charge in [-0.1, -0.05) is 37.4 Å². The Hall–Kier alpha value is -4.66. The topological polar surface area (TPSA) is 136 Å². The second-order valence-electron chi connectivity index (χ2n) is 7.71. The molecule has 0 aromatic heterocycles. The smallest absolute Gasteiger partial charge is 0.339 e. The number of carbonyl (C=O) groups excluding carboxylic acids is 3. The number of hydrogen-bond donors (Lipinski definition) is 2. The van der Waals surface area contributed by atoms with Gasteiger partial charge in [0.1, 0.15) is 11.9 Å². The van der Waals surface area contributed by atoms with E-state index in [1.54, 1.807) is 24.3 Å². The van der Waals surface area contributed by atoms with Crippen LogP contribution in [0.15, 0.2) is 67.8 Å². The first-order chi connectivity index (χ1) is 17.2. The quantitative estimate of drug-likeness (QED) is 0.175. The summed E-state index contributed by atoms with van der Waals surface area (Å²) in [4.78, 5) is 48.0. The van der Waals surface area contributed by atoms with Crippen molar-refractivity contribution in [3.05, 3.63) is 78.9 Å². The van der Waals surface area contributed by atoms with E-state index in [9.17, 15) is 29.4 Å². The predicted octanol–water partition coefficient (Wildman–Crippen LogP) is 4.16. The molecule has 0 fully saturated rings. The van der Waals surface area contributed by atoms with Gasteiger partial charge in [0, 0.05) is 35.8 Å². The van der Waals surface area contributed by atoms with Crippen molar-refractivity contribution in [2.75, 3.05) is 13.2 Å². The van der Waals surface area contributed by atoms with Crippen molar-refractivity contribution >= 4 is 45.4 Å². The van der Waals surface area contributed by atoms with Gasteiger partial charge in [-0.05, 0) is 29.0 Å². The zero-order valence-electron chi connectivity index (χ0n) is 19.3. The largest absolute Gasteiger partial charge is 0.508 e. The number of carboxylic acid groups (broad SMARTS) is 1. The van der Waals surface area contributed by atoms with Crippen LogP contribution in [0.25, 0.3) is 21.5 Å². The molecule has 0 spiro atoms. The van der Waals surface area contributed by atoms with E-state index in [0.717, 1.165) is 12.2 Å². The minimum atomic E-state index is -1.17. The van der Waals surface area contributed by atoms with Gasteiger partial charge in [0.15, 0.2) is 0 Å². The molecule has 0 amide bonds. The van der Waals surface area contributed by atoms with Gasteiger partial charge in [-0.15, -0.1) is 0 Å². The number of rotatable bonds is 11. The summed E-state index contributed by atoms with van der Waals surface area (Å²) in [6.07, 6.45) is 1.34. The molecule has 0 unspecified atom stereocenters. The van der Waals surface area contributed by atoms with E-state index in [4.69, 9.17) is 14.2 Å². The molecule has 0 aliphatic carbocycles. The molecule has 3 aromatic rings. The molecule has 36 heavy (non-hydrogen) atoms. The Morgan fingerprint density at radius 3 is 2.00 bits per heavy atom. The van der Waals surface area contributed by atoms with Gasteiger partial charge in [-0.25, -0.2) is 19.2 Å². The first kappa shape index (κ1) is 26.0. The number of fused-ring (bicyclic) bond motifs is 3. The molecule has 0 radical (unpaired) electrons. The highest BCUT2D eigenvalue weighted by atomic mass is 16.6. The van der Waals surface area contributed by atoms with E-state index in [0.29, 0.717) is 21.5 Å². The summed E-state index contributed by atoms with van der Waals surface area (Å²) in [5.74, 6) is -3.52. The number of ether oxygens (including phenoxy) is 3. The van der Waals surface area contributed by atoms with Crippen molar-refractivity contribution in [3.8, 4) is 5.75 Å². The van der Waals surface area contributed by atoms with Crippen LogP contribution in [0.3, 0.4) is 0 Å². The lowest BCUT2D eigenvalue weighted by atomic mass is 9.94. The number of aromatic carboxylic acids is 1. The second kappa shape index (κ2) is 11.7. The SMILES string of the molecule is C=CC(=O)OCCC(CCOC(=O)C=C)OC(=O)c1cc(O)cc2ccc3cccc(C(=O)O)c3c12. The lowest BCUT2D eigenvalue weighted by Crippen LogP contribution is -2.23. The van der Waals surface area contributed by atoms with Crippen molar-refractivity contribution < 1.29 is 43.6 Å². The second-order valence-corrected chi connectivity index (χ2v) is 7.71. The normalized spacial score (nSPS) is 10.7. The van der Waals surface area contributed by atoms with E-state index in [-0.39, 0.29) is 42.9 Å². The molecule has 3 aromatic carbocycles. The molecule has 9 heteroatoms. The first-order valence-corrected chi connectivity index (χ1v) is 11.0. The minimum absolute atomic E-state index is 0.0120. The van der Waals surface area contributed by atoms with Crippen molar-refractivity contribution in [3.63, 3.8) is 0 Å². The molecule has 0 saturated heterocycles. The van der Waals surface area contributed by atoms with Crippen LogP contribution in [0.2, 0.25) is 0 Å². The Labute approximate surface area is 206 Å². The molecular weight excluding hydrogens is 468 g/mol. The van der Waals surface area contributed by atoms with Crippen LogP contribution in [0.4, 0.5) is 0 Å². The number of esters is 3. The molecule has 0 heterocycles. The zero-order valence-corrected chi connectivity index (χ0v) is 19.3. The molecule has 186 valence electrons. The molecule has 0 bridgehead atoms. The molecule has 9 nitrogen and oxygen atoms in total. The van der Waals surface area contributed by atoms with Crippen molar-refractivity contribution in [2.45, 2.75) is 18.9 Å². The Bertz CT molecular complexity index is 1330. The van der Waals surface area contributed by atoms with Crippen LogP contribution in [-0.4, -0.2) is 53.4 Å². The number of carbonyl (C=O) groups is 4. The maximum absolute atomic E-state index is 13.3. The summed E-state index contributed by atoms with van der Waals surface area (Å²) in [7, 11) is 0. The molecule has 0 aliphatic heterocycles. The third kappa shape index (κ3) is 6.06. The van der Waals surface area contributed by atoms with Gasteiger partial charge in [0.2, 0.25) is 0 Å². The van der Waals surface area contributed by atoms with Gasteiger partial charge in [-0.3, -0.25) is 0 Å². The fourth-order valence-electron chi connectivity index (χ4n) is 3.74. The summed E-state index contributed by atoms with van der Waals surface area (Å²) >= 11 is 0. The third-order valence-electron chi connectivity index (χ3n) is 5.37. The molecule has 3 rings (SSSR count). The first-order valence-electron chi connectivity index (χ1n) is 11.0. The summed E-state index contributed by atoms with van der Waals surface area (Å²) < 4.78 is 15.6. The number of phenols is 1. The number of benzene rings is 3. The average Bonchev–Trinajstić information content (AvgIpc) is 2.86.